The Morgan fingerprint density at radius 2 is 1.81 bits per heavy atom. The molecule has 2 heterocycles. The van der Waals surface area contributed by atoms with Crippen molar-refractivity contribution in [3.63, 3.8) is 0 Å². The van der Waals surface area contributed by atoms with Crippen LogP contribution in [0.2, 0.25) is 0 Å². The van der Waals surface area contributed by atoms with Gasteiger partial charge >= 0.3 is 0 Å². The normalized spacial score (nSPS) is 23.9. The van der Waals surface area contributed by atoms with Crippen molar-refractivity contribution in [2.45, 2.75) is 62.4 Å². The number of rotatable bonds is 5. The van der Waals surface area contributed by atoms with Crippen LogP contribution in [0.25, 0.3) is 0 Å². The Morgan fingerprint density at radius 3 is 2.55 bits per heavy atom. The number of piperidine rings is 1. The molecule has 1 saturated heterocycles. The molecule has 2 aliphatic rings. The van der Waals surface area contributed by atoms with Gasteiger partial charge in [-0.05, 0) is 49.3 Å². The van der Waals surface area contributed by atoms with Crippen LogP contribution < -0.4 is 5.32 Å². The lowest BCUT2D eigenvalue weighted by atomic mass is 9.88. The highest BCUT2D eigenvalue weighted by atomic mass is 32.1. The zero-order valence-corrected chi connectivity index (χ0v) is 18.6. The van der Waals surface area contributed by atoms with E-state index in [0.717, 1.165) is 29.5 Å². The van der Waals surface area contributed by atoms with Crippen molar-refractivity contribution in [2.24, 2.45) is 0 Å². The number of Topliss-reactive ketones (excluding diaryl/α,β-unsaturated/α-hetero) is 1. The summed E-state index contributed by atoms with van der Waals surface area (Å²) in [4.78, 5) is 40.7. The smallest absolute Gasteiger partial charge is 0.246 e. The predicted molar refractivity (Wildman–Crippen MR) is 123 cm³/mol. The van der Waals surface area contributed by atoms with Gasteiger partial charge in [0.15, 0.2) is 5.78 Å². The fraction of sp³-hybridized carbons (Fsp3) is 0.400. The maximum atomic E-state index is 13.6. The Labute approximate surface area is 188 Å². The van der Waals surface area contributed by atoms with E-state index in [2.05, 4.69) is 17.9 Å². The van der Waals surface area contributed by atoms with Crippen molar-refractivity contribution in [2.75, 3.05) is 0 Å². The molecule has 0 radical (unpaired) electrons. The molecule has 1 fully saturated rings. The van der Waals surface area contributed by atoms with Crippen molar-refractivity contribution in [1.29, 1.82) is 0 Å². The molecule has 162 valence electrons. The second-order valence-electron chi connectivity index (χ2n) is 8.49. The van der Waals surface area contributed by atoms with Gasteiger partial charge in [-0.2, -0.15) is 12.6 Å². The minimum absolute atomic E-state index is 0.00124. The highest BCUT2D eigenvalue weighted by Gasteiger charge is 2.43. The summed E-state index contributed by atoms with van der Waals surface area (Å²) in [5.74, 6) is -0.439. The fourth-order valence-electron chi connectivity index (χ4n) is 4.85. The lowest BCUT2D eigenvalue weighted by Crippen LogP contribution is -2.56. The maximum absolute atomic E-state index is 13.6. The van der Waals surface area contributed by atoms with Crippen LogP contribution in [0.5, 0.6) is 0 Å². The Morgan fingerprint density at radius 1 is 1.10 bits per heavy atom. The first kappa shape index (κ1) is 21.6. The summed E-state index contributed by atoms with van der Waals surface area (Å²) in [5, 5.41) is 2.38. The number of fused-ring (bicyclic) bond motifs is 3. The molecular weight excluding hydrogens is 408 g/mol. The highest BCUT2D eigenvalue weighted by Crippen LogP contribution is 2.39. The van der Waals surface area contributed by atoms with Gasteiger partial charge in [-0.15, -0.1) is 0 Å². The van der Waals surface area contributed by atoms with E-state index in [-0.39, 0.29) is 23.6 Å². The quantitative estimate of drug-likeness (QED) is 0.707. The maximum Gasteiger partial charge on any atom is 0.246 e. The largest absolute Gasteiger partial charge is 0.343 e. The standard InChI is InChI=1S/C25H28N2O3S/c1-16(28)21-12-7-13-22-19-11-6-5-10-18(19)15-20(25(30)27(21)22)26-24(29)23(31)14-17-8-3-2-4-9-17/h2-6,8-11,20-23,31H,7,12-15H2,1H3,(H,26,29)/t20-,21-,22+,23-/m0/s1. The third-order valence-electron chi connectivity index (χ3n) is 6.38. The number of carbonyl (C=O) groups is 3. The second-order valence-corrected chi connectivity index (χ2v) is 9.11. The summed E-state index contributed by atoms with van der Waals surface area (Å²) in [6, 6.07) is 16.4. The molecule has 5 nitrogen and oxygen atoms in total. The second kappa shape index (κ2) is 9.27. The van der Waals surface area contributed by atoms with Gasteiger partial charge in [0, 0.05) is 6.42 Å². The number of thiol groups is 1. The number of ketones is 1. The molecule has 2 amide bonds. The number of amides is 2. The third kappa shape index (κ3) is 4.54. The zero-order chi connectivity index (χ0) is 22.0. The molecule has 31 heavy (non-hydrogen) atoms. The first-order chi connectivity index (χ1) is 15.0. The van der Waals surface area contributed by atoms with Gasteiger partial charge in [0.05, 0.1) is 17.3 Å². The average Bonchev–Trinajstić information content (AvgIpc) is 2.89. The summed E-state index contributed by atoms with van der Waals surface area (Å²) in [6.07, 6.45) is 3.31. The third-order valence-corrected chi connectivity index (χ3v) is 6.79. The van der Waals surface area contributed by atoms with E-state index in [0.29, 0.717) is 19.3 Å². The SMILES string of the molecule is CC(=O)[C@@H]1CCC[C@@H]2c3ccccc3C[C@H](NC(=O)[C@@H](S)Cc3ccccc3)C(=O)N21. The van der Waals surface area contributed by atoms with Crippen molar-refractivity contribution in [3.05, 3.63) is 71.3 Å². The first-order valence-electron chi connectivity index (χ1n) is 10.9. The van der Waals surface area contributed by atoms with Gasteiger partial charge in [-0.3, -0.25) is 14.4 Å². The molecule has 1 N–H and O–H groups in total. The molecule has 2 aliphatic heterocycles. The van der Waals surface area contributed by atoms with Gasteiger partial charge in [0.1, 0.15) is 6.04 Å². The number of nitrogens with one attached hydrogen (secondary N) is 1. The monoisotopic (exact) mass is 436 g/mol. The molecule has 0 spiro atoms. The topological polar surface area (TPSA) is 66.5 Å². The van der Waals surface area contributed by atoms with E-state index in [9.17, 15) is 14.4 Å². The fourth-order valence-corrected chi connectivity index (χ4v) is 5.14. The lowest BCUT2D eigenvalue weighted by molar-refractivity contribution is -0.146. The predicted octanol–water partition coefficient (Wildman–Crippen LogP) is 3.28. The summed E-state index contributed by atoms with van der Waals surface area (Å²) >= 11 is 4.50. The first-order valence-corrected chi connectivity index (χ1v) is 11.4. The minimum atomic E-state index is -0.705. The summed E-state index contributed by atoms with van der Waals surface area (Å²) in [7, 11) is 0. The Hall–Kier alpha value is -2.60. The van der Waals surface area contributed by atoms with Gasteiger partial charge < -0.3 is 10.2 Å². The van der Waals surface area contributed by atoms with Crippen molar-refractivity contribution in [1.82, 2.24) is 10.2 Å². The van der Waals surface area contributed by atoms with Crippen LogP contribution in [-0.4, -0.2) is 39.8 Å². The van der Waals surface area contributed by atoms with E-state index in [1.54, 1.807) is 11.8 Å². The van der Waals surface area contributed by atoms with Crippen LogP contribution in [-0.2, 0) is 27.2 Å². The highest BCUT2D eigenvalue weighted by molar-refractivity contribution is 7.81. The van der Waals surface area contributed by atoms with Crippen LogP contribution in [0.3, 0.4) is 0 Å². The molecule has 4 rings (SSSR count). The molecule has 0 aromatic heterocycles. The lowest BCUT2D eigenvalue weighted by Gasteiger charge is -2.41. The summed E-state index contributed by atoms with van der Waals surface area (Å²) in [5.41, 5.74) is 3.16. The van der Waals surface area contributed by atoms with Crippen LogP contribution in [0, 0.1) is 0 Å². The molecule has 6 heteroatoms. The number of benzene rings is 2. The number of hydrogen-bond acceptors (Lipinski definition) is 4. The minimum Gasteiger partial charge on any atom is -0.343 e. The molecule has 0 bridgehead atoms. The molecule has 2 aromatic rings. The summed E-state index contributed by atoms with van der Waals surface area (Å²) in [6.45, 7) is 1.55. The van der Waals surface area contributed by atoms with E-state index in [1.165, 1.54) is 0 Å². The van der Waals surface area contributed by atoms with Crippen molar-refractivity contribution in [3.8, 4) is 0 Å². The number of hydrogen-bond donors (Lipinski definition) is 2. The van der Waals surface area contributed by atoms with Crippen molar-refractivity contribution < 1.29 is 14.4 Å². The van der Waals surface area contributed by atoms with Gasteiger partial charge in [-0.25, -0.2) is 0 Å². The molecule has 0 saturated carbocycles. The van der Waals surface area contributed by atoms with E-state index in [1.807, 2.05) is 54.6 Å². The molecule has 0 aliphatic carbocycles. The van der Waals surface area contributed by atoms with Crippen LogP contribution in [0.1, 0.15) is 48.9 Å². The number of carbonyl (C=O) groups excluding carboxylic acids is 3. The van der Waals surface area contributed by atoms with Gasteiger partial charge in [-0.1, -0.05) is 54.6 Å². The zero-order valence-electron chi connectivity index (χ0n) is 17.7. The van der Waals surface area contributed by atoms with Gasteiger partial charge in [0.2, 0.25) is 11.8 Å². The Bertz CT molecular complexity index is 978. The van der Waals surface area contributed by atoms with E-state index in [4.69, 9.17) is 0 Å². The van der Waals surface area contributed by atoms with E-state index < -0.39 is 17.3 Å². The van der Waals surface area contributed by atoms with Crippen LogP contribution >= 0.6 is 12.6 Å². The van der Waals surface area contributed by atoms with Gasteiger partial charge in [0.25, 0.3) is 0 Å². The van der Waals surface area contributed by atoms with Crippen molar-refractivity contribution >= 4 is 30.2 Å². The van der Waals surface area contributed by atoms with Crippen LogP contribution in [0.15, 0.2) is 54.6 Å². The molecule has 4 atom stereocenters. The number of nitrogens with zero attached hydrogens (tertiary/aromatic N) is 1. The summed E-state index contributed by atoms with van der Waals surface area (Å²) < 4.78 is 0. The average molecular weight is 437 g/mol. The Kier molecular flexibility index (Phi) is 6.46. The molecular formula is C25H28N2O3S. The molecule has 2 aromatic carbocycles. The molecule has 0 unspecified atom stereocenters. The van der Waals surface area contributed by atoms with E-state index >= 15 is 0 Å². The Balaban J connectivity index is 1.59. The van der Waals surface area contributed by atoms with Crippen LogP contribution in [0.4, 0.5) is 0 Å².